The quantitative estimate of drug-likeness (QED) is 0.256. The molecule has 0 heterocycles. The first kappa shape index (κ1) is 22.7. The Labute approximate surface area is 105 Å². The molecule has 0 aromatic carbocycles. The number of hydrogen-bond donors (Lipinski definition) is 3. The van der Waals surface area contributed by atoms with Crippen molar-refractivity contribution >= 4 is 18.7 Å². The van der Waals surface area contributed by atoms with Gasteiger partial charge in [-0.15, -0.1) is 11.4 Å². The molecular formula is H3BNa2O6S. The van der Waals surface area contributed by atoms with Crippen LogP contribution in [0.1, 0.15) is 0 Å². The Morgan fingerprint density at radius 2 is 1.10 bits per heavy atom. The fourth-order valence-corrected chi connectivity index (χ4v) is 0. The summed E-state index contributed by atoms with van der Waals surface area (Å²) in [4.78, 5) is 0. The normalized spacial score (nSPS) is 6.20. The molecule has 0 amide bonds. The van der Waals surface area contributed by atoms with Crippen molar-refractivity contribution in [1.29, 1.82) is 0 Å². The van der Waals surface area contributed by atoms with Crippen LogP contribution in [0.3, 0.4) is 0 Å². The predicted molar refractivity (Wildman–Crippen MR) is 22.1 cm³/mol. The Morgan fingerprint density at radius 1 is 1.10 bits per heavy atom. The van der Waals surface area contributed by atoms with Gasteiger partial charge < -0.3 is 24.2 Å². The Morgan fingerprint density at radius 3 is 1.10 bits per heavy atom. The van der Waals surface area contributed by atoms with Gasteiger partial charge in [-0.1, -0.05) is 0 Å². The molecule has 10 heteroatoms. The molecule has 3 N–H and O–H groups in total. The van der Waals surface area contributed by atoms with E-state index in [0.717, 1.165) is 0 Å². The van der Waals surface area contributed by atoms with Gasteiger partial charge in [-0.05, 0) is 0 Å². The van der Waals surface area contributed by atoms with Crippen LogP contribution < -0.4 is 59.1 Å². The van der Waals surface area contributed by atoms with E-state index in [1.165, 1.54) is 0 Å². The molecule has 10 heavy (non-hydrogen) atoms. The minimum atomic E-state index is -3.11. The Balaban J connectivity index is -0.0000000300. The third kappa shape index (κ3) is 200. The van der Waals surface area contributed by atoms with Crippen LogP contribution in [0, 0.1) is 0 Å². The van der Waals surface area contributed by atoms with Crippen LogP contribution in [0.4, 0.5) is 0 Å². The van der Waals surface area contributed by atoms with Crippen molar-refractivity contribution in [3.63, 3.8) is 0 Å². The van der Waals surface area contributed by atoms with E-state index in [0.29, 0.717) is 0 Å². The van der Waals surface area contributed by atoms with Crippen LogP contribution >= 0.6 is 0 Å². The van der Waals surface area contributed by atoms with Crippen LogP contribution in [-0.2, 0) is 11.4 Å². The largest absolute Gasteiger partial charge is 1.00 e. The summed E-state index contributed by atoms with van der Waals surface area (Å²) in [7, 11) is -2.17. The van der Waals surface area contributed by atoms with Crippen LogP contribution in [0.2, 0.25) is 0 Å². The summed E-state index contributed by atoms with van der Waals surface area (Å²) in [6.07, 6.45) is 0. The average molecular weight is 188 g/mol. The number of rotatable bonds is 0. The van der Waals surface area contributed by atoms with Gasteiger partial charge in [0.1, 0.15) is 0 Å². The Bertz CT molecular complexity index is 60.0. The summed E-state index contributed by atoms with van der Waals surface area (Å²) >= 11 is -3.11. The second kappa shape index (κ2) is 17.2. The second-order valence-electron chi connectivity index (χ2n) is 0.551. The van der Waals surface area contributed by atoms with E-state index in [2.05, 4.69) is 0 Å². The average Bonchev–Trinajstić information content (AvgIpc) is 1.25. The molecule has 0 aliphatic heterocycles. The maximum Gasteiger partial charge on any atom is 1.00 e. The maximum absolute atomic E-state index is 8.44. The molecule has 0 aliphatic carbocycles. The molecule has 0 aromatic heterocycles. The minimum absolute atomic E-state index is 0. The van der Waals surface area contributed by atoms with Gasteiger partial charge in [-0.2, -0.15) is 0 Å². The SMILES string of the molecule is O=S([O-])[O-].OB(O)O.[Na+].[Na+]. The Kier molecular flexibility index (Phi) is 39.0. The van der Waals surface area contributed by atoms with E-state index in [4.69, 9.17) is 28.4 Å². The topological polar surface area (TPSA) is 124 Å². The zero-order valence-electron chi connectivity index (χ0n) is 5.55. The fraction of sp³-hybridized carbons (Fsp3) is 0. The molecule has 0 spiro atoms. The number of hydrogen-bond acceptors (Lipinski definition) is 6. The first-order valence-corrected chi connectivity index (χ1v) is 2.27. The van der Waals surface area contributed by atoms with Gasteiger partial charge in [-0.25, -0.2) is 0 Å². The van der Waals surface area contributed by atoms with Crippen molar-refractivity contribution in [2.75, 3.05) is 0 Å². The van der Waals surface area contributed by atoms with Crippen LogP contribution in [0.15, 0.2) is 0 Å². The van der Waals surface area contributed by atoms with Crippen LogP contribution in [-0.4, -0.2) is 35.7 Å². The minimum Gasteiger partial charge on any atom is -0.784 e. The summed E-state index contributed by atoms with van der Waals surface area (Å²) in [6, 6.07) is 0. The summed E-state index contributed by atoms with van der Waals surface area (Å²) in [5.74, 6) is 0. The van der Waals surface area contributed by atoms with Gasteiger partial charge in [-0.3, -0.25) is 4.21 Å². The summed E-state index contributed by atoms with van der Waals surface area (Å²) < 4.78 is 25.3. The van der Waals surface area contributed by atoms with Gasteiger partial charge in [0.25, 0.3) is 0 Å². The van der Waals surface area contributed by atoms with E-state index in [1.54, 1.807) is 0 Å². The van der Waals surface area contributed by atoms with Crippen molar-refractivity contribution in [2.45, 2.75) is 0 Å². The van der Waals surface area contributed by atoms with Gasteiger partial charge in [0, 0.05) is 0 Å². The Hall–Kier alpha value is 2.01. The van der Waals surface area contributed by atoms with Crippen molar-refractivity contribution in [2.24, 2.45) is 0 Å². The molecule has 50 valence electrons. The van der Waals surface area contributed by atoms with Crippen LogP contribution in [0.5, 0.6) is 0 Å². The summed E-state index contributed by atoms with van der Waals surface area (Å²) in [5, 5.41) is 21.5. The van der Waals surface area contributed by atoms with E-state index in [1.807, 2.05) is 0 Å². The van der Waals surface area contributed by atoms with Gasteiger partial charge >= 0.3 is 66.4 Å². The van der Waals surface area contributed by atoms with Gasteiger partial charge in [0.05, 0.1) is 0 Å². The molecule has 0 saturated heterocycles. The molecule has 6 nitrogen and oxygen atoms in total. The van der Waals surface area contributed by atoms with E-state index < -0.39 is 18.7 Å². The maximum atomic E-state index is 8.44. The molecule has 0 saturated carbocycles. The fourth-order valence-electron chi connectivity index (χ4n) is 0. The zero-order valence-corrected chi connectivity index (χ0v) is 10.4. The third-order valence-corrected chi connectivity index (χ3v) is 0. The molecule has 0 atom stereocenters. The molecule has 0 unspecified atom stereocenters. The second-order valence-corrected chi connectivity index (χ2v) is 0.959. The van der Waals surface area contributed by atoms with Crippen molar-refractivity contribution in [1.82, 2.24) is 0 Å². The van der Waals surface area contributed by atoms with E-state index >= 15 is 0 Å². The molecule has 0 radical (unpaired) electrons. The first-order valence-electron chi connectivity index (χ1n) is 1.27. The predicted octanol–water partition coefficient (Wildman–Crippen LogP) is -9.05. The zero-order chi connectivity index (χ0) is 7.15. The molecular weight excluding hydrogens is 185 g/mol. The molecule has 0 aliphatic rings. The molecule has 0 rings (SSSR count). The molecule has 0 bridgehead atoms. The van der Waals surface area contributed by atoms with E-state index in [9.17, 15) is 0 Å². The summed E-state index contributed by atoms with van der Waals surface area (Å²) in [5.41, 5.74) is 0. The van der Waals surface area contributed by atoms with E-state index in [-0.39, 0.29) is 59.1 Å². The van der Waals surface area contributed by atoms with Gasteiger partial charge in [0.15, 0.2) is 0 Å². The molecule has 0 aromatic rings. The van der Waals surface area contributed by atoms with Crippen molar-refractivity contribution in [3.05, 3.63) is 0 Å². The van der Waals surface area contributed by atoms with Crippen molar-refractivity contribution in [3.8, 4) is 0 Å². The standard InChI is InChI=1S/BH3O3.2Na.H2O3S/c2-1(3)4;;;1-4(2)3/h2-4H;;;(H2,1,2,3)/q;2*+1;/p-2. The van der Waals surface area contributed by atoms with Crippen LogP contribution in [0.25, 0.3) is 0 Å². The third-order valence-electron chi connectivity index (χ3n) is 0. The smallest absolute Gasteiger partial charge is 0.784 e. The monoisotopic (exact) mass is 188 g/mol. The van der Waals surface area contributed by atoms with Gasteiger partial charge in [0.2, 0.25) is 0 Å². The first-order chi connectivity index (χ1) is 3.46. The summed E-state index contributed by atoms with van der Waals surface area (Å²) in [6.45, 7) is 0. The molecule has 0 fully saturated rings. The van der Waals surface area contributed by atoms with Crippen molar-refractivity contribution < 1.29 is 87.5 Å².